The van der Waals surface area contributed by atoms with Gasteiger partial charge in [0.1, 0.15) is 23.3 Å². The minimum absolute atomic E-state index is 0.000986. The van der Waals surface area contributed by atoms with Crippen molar-refractivity contribution in [2.24, 2.45) is 0 Å². The number of nitrogens with zero attached hydrogens (tertiary/aromatic N) is 2. The Bertz CT molecular complexity index is 1440. The molecule has 3 aromatic rings. The summed E-state index contributed by atoms with van der Waals surface area (Å²) in [6, 6.07) is 11.7. The molecule has 0 amide bonds. The smallest absolute Gasteiger partial charge is 0.472 e. The normalized spacial score (nSPS) is 18.6. The van der Waals surface area contributed by atoms with Crippen molar-refractivity contribution >= 4 is 11.7 Å². The first-order valence-corrected chi connectivity index (χ1v) is 12.4. The van der Waals surface area contributed by atoms with E-state index in [1.54, 1.807) is 24.3 Å². The average Bonchev–Trinajstić information content (AvgIpc) is 3.65. The summed E-state index contributed by atoms with van der Waals surface area (Å²) in [6.07, 6.45) is -4.81. The minimum atomic E-state index is -4.93. The molecule has 1 saturated carbocycles. The van der Waals surface area contributed by atoms with Gasteiger partial charge in [-0.3, -0.25) is 0 Å². The number of rotatable bonds is 7. The first-order valence-electron chi connectivity index (χ1n) is 12.4. The Balaban J connectivity index is 1.31. The van der Waals surface area contributed by atoms with Crippen molar-refractivity contribution in [1.29, 1.82) is 0 Å². The number of alkyl halides is 5. The highest BCUT2D eigenvalue weighted by Gasteiger charge is 2.46. The van der Waals surface area contributed by atoms with Gasteiger partial charge in [-0.2, -0.15) is 0 Å². The molecule has 1 aliphatic carbocycles. The Labute approximate surface area is 225 Å². The number of para-hydroxylation sites is 1. The molecular formula is C28H23F5N2O5. The van der Waals surface area contributed by atoms with Gasteiger partial charge in [0, 0.05) is 40.8 Å². The van der Waals surface area contributed by atoms with Gasteiger partial charge in [0.05, 0.1) is 13.2 Å². The second kappa shape index (κ2) is 10.8. The third-order valence-electron chi connectivity index (χ3n) is 6.64. The number of carboxylic acids is 1. The minimum Gasteiger partial charge on any atom is -0.472 e. The number of piperidine rings is 1. The van der Waals surface area contributed by atoms with Crippen LogP contribution in [0.1, 0.15) is 42.1 Å². The highest BCUT2D eigenvalue weighted by Crippen LogP contribution is 2.46. The summed E-state index contributed by atoms with van der Waals surface area (Å²) < 4.78 is 84.8. The van der Waals surface area contributed by atoms with Gasteiger partial charge in [-0.05, 0) is 55.7 Å². The van der Waals surface area contributed by atoms with Crippen molar-refractivity contribution in [3.05, 3.63) is 65.4 Å². The van der Waals surface area contributed by atoms with Crippen molar-refractivity contribution < 1.29 is 45.8 Å². The maximum atomic E-state index is 15.2. The Morgan fingerprint density at radius 1 is 1.12 bits per heavy atom. The first kappa shape index (κ1) is 27.5. The molecular weight excluding hydrogens is 539 g/mol. The van der Waals surface area contributed by atoms with Crippen LogP contribution in [0.25, 0.3) is 11.3 Å². The highest BCUT2D eigenvalue weighted by atomic mass is 19.4. The number of hydrogen-bond acceptors (Lipinski definition) is 6. The lowest BCUT2D eigenvalue weighted by molar-refractivity contribution is -0.274. The van der Waals surface area contributed by atoms with Crippen LogP contribution in [0.3, 0.4) is 0 Å². The van der Waals surface area contributed by atoms with Crippen molar-refractivity contribution in [3.8, 4) is 28.8 Å². The van der Waals surface area contributed by atoms with E-state index in [0.29, 0.717) is 22.6 Å². The number of carboxylic acid groups (broad SMARTS) is 1. The summed E-state index contributed by atoms with van der Waals surface area (Å²) in [5.74, 6) is -0.114. The fourth-order valence-corrected chi connectivity index (χ4v) is 4.63. The number of hydrogen-bond donors (Lipinski definition) is 1. The Kier molecular flexibility index (Phi) is 7.42. The zero-order valence-electron chi connectivity index (χ0n) is 20.9. The quantitative estimate of drug-likeness (QED) is 0.280. The lowest BCUT2D eigenvalue weighted by Gasteiger charge is -2.39. The van der Waals surface area contributed by atoms with Gasteiger partial charge in [0.15, 0.2) is 0 Å². The van der Waals surface area contributed by atoms with Gasteiger partial charge in [-0.25, -0.2) is 13.6 Å². The monoisotopic (exact) mass is 562 g/mol. The topological polar surface area (TPSA) is 85.0 Å². The molecule has 7 nitrogen and oxygen atoms in total. The molecule has 2 heterocycles. The predicted octanol–water partition coefficient (Wildman–Crippen LogP) is 5.98. The van der Waals surface area contributed by atoms with Gasteiger partial charge in [0.25, 0.3) is 5.92 Å². The van der Waals surface area contributed by atoms with Crippen LogP contribution >= 0.6 is 0 Å². The summed E-state index contributed by atoms with van der Waals surface area (Å²) in [5, 5.41) is 12.6. The zero-order chi connectivity index (χ0) is 28.5. The fraction of sp³-hybridized carbons (Fsp3) is 0.357. The molecule has 2 aliphatic rings. The molecule has 1 unspecified atom stereocenters. The molecule has 2 fully saturated rings. The molecule has 0 spiro atoms. The van der Waals surface area contributed by atoms with Gasteiger partial charge in [-0.1, -0.05) is 23.2 Å². The van der Waals surface area contributed by atoms with Crippen LogP contribution in [-0.4, -0.2) is 47.7 Å². The molecule has 1 aromatic heterocycles. The summed E-state index contributed by atoms with van der Waals surface area (Å²) >= 11 is 0. The molecule has 0 radical (unpaired) electrons. The van der Waals surface area contributed by atoms with Crippen molar-refractivity contribution in [2.75, 3.05) is 18.0 Å². The Hall–Kier alpha value is -4.11. The number of ether oxygens (including phenoxy) is 2. The second-order valence-corrected chi connectivity index (χ2v) is 9.57. The SMILES string of the molecule is O=C(O)C#Cc1ccc(N2CCC(OCc3c(-c4ccccc4OC(F)(F)F)noc3C3CC3)C(F)(F)C2)cc1. The maximum Gasteiger partial charge on any atom is 0.573 e. The lowest BCUT2D eigenvalue weighted by Crippen LogP contribution is -2.52. The van der Waals surface area contributed by atoms with Crippen LogP contribution < -0.4 is 9.64 Å². The number of aromatic nitrogens is 1. The molecule has 1 saturated heterocycles. The van der Waals surface area contributed by atoms with E-state index in [0.717, 1.165) is 18.9 Å². The molecule has 1 aliphatic heterocycles. The summed E-state index contributed by atoms with van der Waals surface area (Å²) in [7, 11) is 0. The molecule has 12 heteroatoms. The van der Waals surface area contributed by atoms with E-state index in [1.165, 1.54) is 23.1 Å². The average molecular weight is 562 g/mol. The third kappa shape index (κ3) is 6.37. The second-order valence-electron chi connectivity index (χ2n) is 9.57. The number of anilines is 1. The number of aliphatic carboxylic acids is 1. The van der Waals surface area contributed by atoms with Crippen LogP contribution in [0.15, 0.2) is 53.1 Å². The van der Waals surface area contributed by atoms with Gasteiger partial charge in [-0.15, -0.1) is 13.2 Å². The number of halogens is 5. The van der Waals surface area contributed by atoms with Gasteiger partial charge >= 0.3 is 12.3 Å². The molecule has 5 rings (SSSR count). The Morgan fingerprint density at radius 3 is 2.50 bits per heavy atom. The standard InChI is InChI=1S/C28H23F5N2O5/c29-27(30)16-35(19-10-5-17(6-11-19)7-12-24(36)37)14-13-23(27)38-15-21-25(34-40-26(21)18-8-9-18)20-3-1-2-4-22(20)39-28(31,32)33/h1-6,10-11,18,23H,8-9,13-16H2,(H,36,37). The van der Waals surface area contributed by atoms with Crippen LogP contribution in [0.5, 0.6) is 5.75 Å². The van der Waals surface area contributed by atoms with Crippen LogP contribution in [0, 0.1) is 11.8 Å². The van der Waals surface area contributed by atoms with Crippen molar-refractivity contribution in [1.82, 2.24) is 5.16 Å². The molecule has 40 heavy (non-hydrogen) atoms. The first-order chi connectivity index (χ1) is 19.0. The third-order valence-corrected chi connectivity index (χ3v) is 6.64. The molecule has 1 atom stereocenters. The Morgan fingerprint density at radius 2 is 1.85 bits per heavy atom. The zero-order valence-corrected chi connectivity index (χ0v) is 20.9. The van der Waals surface area contributed by atoms with Crippen LogP contribution in [0.2, 0.25) is 0 Å². The van der Waals surface area contributed by atoms with E-state index >= 15 is 8.78 Å². The lowest BCUT2D eigenvalue weighted by atomic mass is 10.0. The summed E-state index contributed by atoms with van der Waals surface area (Å²) in [5.41, 5.74) is 1.38. The van der Waals surface area contributed by atoms with E-state index in [9.17, 15) is 18.0 Å². The fourth-order valence-electron chi connectivity index (χ4n) is 4.63. The van der Waals surface area contributed by atoms with Gasteiger partial charge in [0.2, 0.25) is 0 Å². The van der Waals surface area contributed by atoms with E-state index in [2.05, 4.69) is 15.8 Å². The maximum absolute atomic E-state index is 15.2. The van der Waals surface area contributed by atoms with E-state index < -0.39 is 36.7 Å². The van der Waals surface area contributed by atoms with E-state index in [-0.39, 0.29) is 36.7 Å². The molecule has 1 N–H and O–H groups in total. The van der Waals surface area contributed by atoms with Crippen LogP contribution in [0.4, 0.5) is 27.6 Å². The largest absolute Gasteiger partial charge is 0.573 e. The predicted molar refractivity (Wildman–Crippen MR) is 132 cm³/mol. The number of benzene rings is 2. The summed E-state index contributed by atoms with van der Waals surface area (Å²) in [4.78, 5) is 12.1. The molecule has 0 bridgehead atoms. The molecule has 210 valence electrons. The van der Waals surface area contributed by atoms with Gasteiger partial charge < -0.3 is 24.0 Å². The number of carbonyl (C=O) groups is 1. The molecule has 2 aromatic carbocycles. The summed E-state index contributed by atoms with van der Waals surface area (Å²) in [6.45, 7) is -0.678. The van der Waals surface area contributed by atoms with E-state index in [1.807, 2.05) is 5.92 Å². The van der Waals surface area contributed by atoms with E-state index in [4.69, 9.17) is 14.4 Å². The van der Waals surface area contributed by atoms with Crippen molar-refractivity contribution in [2.45, 2.75) is 50.2 Å². The van der Waals surface area contributed by atoms with Crippen molar-refractivity contribution in [3.63, 3.8) is 0 Å². The van der Waals surface area contributed by atoms with Crippen LogP contribution in [-0.2, 0) is 16.1 Å². The highest BCUT2D eigenvalue weighted by molar-refractivity contribution is 5.87.